The number of rotatable bonds is 10. The Bertz CT molecular complexity index is 936. The quantitative estimate of drug-likeness (QED) is 0.333. The summed E-state index contributed by atoms with van der Waals surface area (Å²) in [4.78, 5) is 13.0. The van der Waals surface area contributed by atoms with E-state index in [0.717, 1.165) is 36.6 Å². The average molecular weight is 402 g/mol. The minimum absolute atomic E-state index is 0.718. The van der Waals surface area contributed by atoms with Crippen LogP contribution in [-0.2, 0) is 13.1 Å². The number of hydrogen-bond donors (Lipinski definition) is 0. The van der Waals surface area contributed by atoms with E-state index in [1.54, 1.807) is 12.4 Å². The molecular formula is C25H27N3O2. The molecule has 0 atom stereocenters. The van der Waals surface area contributed by atoms with Crippen LogP contribution in [0, 0.1) is 0 Å². The van der Waals surface area contributed by atoms with E-state index in [9.17, 15) is 0 Å². The molecule has 0 N–H and O–H groups in total. The second kappa shape index (κ2) is 11.5. The molecule has 0 saturated carbocycles. The smallest absolute Gasteiger partial charge is 0.157 e. The highest BCUT2D eigenvalue weighted by molar-refractivity contribution is 5.78. The maximum Gasteiger partial charge on any atom is 0.157 e. The van der Waals surface area contributed by atoms with Gasteiger partial charge in [-0.3, -0.25) is 4.90 Å². The lowest BCUT2D eigenvalue weighted by Crippen LogP contribution is -2.17. The zero-order valence-electron chi connectivity index (χ0n) is 17.4. The molecule has 0 amide bonds. The minimum atomic E-state index is 0.718. The Morgan fingerprint density at radius 2 is 1.27 bits per heavy atom. The SMILES string of the molecule is CC/C=N/Oc1ccc(CN(C)Cc2ccc(O/N=C/c3ccccc3)cc2)cc1. The Balaban J connectivity index is 1.46. The summed E-state index contributed by atoms with van der Waals surface area (Å²) < 4.78 is 0. The first-order valence-corrected chi connectivity index (χ1v) is 10.0. The van der Waals surface area contributed by atoms with Crippen molar-refractivity contribution in [2.75, 3.05) is 7.05 Å². The maximum atomic E-state index is 5.45. The van der Waals surface area contributed by atoms with Gasteiger partial charge in [-0.15, -0.1) is 0 Å². The summed E-state index contributed by atoms with van der Waals surface area (Å²) in [5.74, 6) is 1.46. The molecule has 0 heterocycles. The standard InChI is InChI=1S/C25H27N3O2/c1-3-17-26-29-24-13-9-22(10-14-24)19-28(2)20-23-11-15-25(16-12-23)30-27-18-21-7-5-4-6-8-21/h4-18H,3,19-20H2,1-2H3/b26-17+,27-18+. The van der Waals surface area contributed by atoms with Crippen LogP contribution in [0.5, 0.6) is 11.5 Å². The number of nitrogens with zero attached hydrogens (tertiary/aromatic N) is 3. The lowest BCUT2D eigenvalue weighted by Gasteiger charge is -2.17. The summed E-state index contributed by atoms with van der Waals surface area (Å²) in [6, 6.07) is 25.9. The van der Waals surface area contributed by atoms with Crippen molar-refractivity contribution >= 4 is 12.4 Å². The highest BCUT2D eigenvalue weighted by Crippen LogP contribution is 2.16. The summed E-state index contributed by atoms with van der Waals surface area (Å²) in [6.45, 7) is 3.71. The molecule has 3 rings (SSSR count). The summed E-state index contributed by atoms with van der Waals surface area (Å²) in [6.07, 6.45) is 4.30. The first kappa shape index (κ1) is 21.3. The maximum absolute atomic E-state index is 5.45. The molecule has 0 bridgehead atoms. The molecule has 3 aromatic rings. The highest BCUT2D eigenvalue weighted by Gasteiger charge is 2.03. The van der Waals surface area contributed by atoms with Gasteiger partial charge in [-0.05, 0) is 54.4 Å². The van der Waals surface area contributed by atoms with Crippen molar-refractivity contribution in [2.24, 2.45) is 10.3 Å². The third-order valence-corrected chi connectivity index (χ3v) is 4.33. The van der Waals surface area contributed by atoms with Gasteiger partial charge in [0.05, 0.1) is 6.21 Å². The van der Waals surface area contributed by atoms with Crippen molar-refractivity contribution in [1.29, 1.82) is 0 Å². The molecule has 5 heteroatoms. The predicted molar refractivity (Wildman–Crippen MR) is 122 cm³/mol. The van der Waals surface area contributed by atoms with E-state index in [0.29, 0.717) is 0 Å². The van der Waals surface area contributed by atoms with Crippen LogP contribution >= 0.6 is 0 Å². The first-order chi connectivity index (χ1) is 14.7. The van der Waals surface area contributed by atoms with E-state index >= 15 is 0 Å². The predicted octanol–water partition coefficient (Wildman–Crippen LogP) is 5.51. The summed E-state index contributed by atoms with van der Waals surface area (Å²) in [5, 5.41) is 7.93. The van der Waals surface area contributed by atoms with Gasteiger partial charge in [0.25, 0.3) is 0 Å². The van der Waals surface area contributed by atoms with Crippen LogP contribution in [0.3, 0.4) is 0 Å². The molecule has 30 heavy (non-hydrogen) atoms. The van der Waals surface area contributed by atoms with Crippen molar-refractivity contribution in [3.63, 3.8) is 0 Å². The van der Waals surface area contributed by atoms with Gasteiger partial charge in [0.1, 0.15) is 0 Å². The lowest BCUT2D eigenvalue weighted by molar-refractivity contribution is 0.317. The van der Waals surface area contributed by atoms with Crippen molar-refractivity contribution < 1.29 is 9.68 Å². The minimum Gasteiger partial charge on any atom is -0.357 e. The largest absolute Gasteiger partial charge is 0.357 e. The summed E-state index contributed by atoms with van der Waals surface area (Å²) >= 11 is 0. The molecular weight excluding hydrogens is 374 g/mol. The van der Waals surface area contributed by atoms with Crippen LogP contribution in [0.1, 0.15) is 30.0 Å². The molecule has 0 aliphatic heterocycles. The van der Waals surface area contributed by atoms with Gasteiger partial charge in [-0.1, -0.05) is 71.8 Å². The number of hydrogen-bond acceptors (Lipinski definition) is 5. The van der Waals surface area contributed by atoms with Crippen LogP contribution in [0.4, 0.5) is 0 Å². The monoisotopic (exact) mass is 401 g/mol. The highest BCUT2D eigenvalue weighted by atomic mass is 16.6. The Kier molecular flexibility index (Phi) is 8.18. The Labute approximate surface area is 178 Å². The van der Waals surface area contributed by atoms with Gasteiger partial charge in [0.15, 0.2) is 11.5 Å². The molecule has 0 aromatic heterocycles. The van der Waals surface area contributed by atoms with Crippen LogP contribution in [0.2, 0.25) is 0 Å². The van der Waals surface area contributed by atoms with Gasteiger partial charge in [-0.2, -0.15) is 0 Å². The van der Waals surface area contributed by atoms with E-state index < -0.39 is 0 Å². The van der Waals surface area contributed by atoms with Crippen LogP contribution < -0.4 is 9.68 Å². The molecule has 0 aliphatic rings. The average Bonchev–Trinajstić information content (AvgIpc) is 2.77. The normalized spacial score (nSPS) is 11.4. The van der Waals surface area contributed by atoms with E-state index in [2.05, 4.69) is 46.5 Å². The van der Waals surface area contributed by atoms with Gasteiger partial charge < -0.3 is 9.68 Å². The van der Waals surface area contributed by atoms with Crippen molar-refractivity contribution in [3.05, 3.63) is 95.6 Å². The fourth-order valence-corrected chi connectivity index (χ4v) is 2.85. The molecule has 0 spiro atoms. The number of benzene rings is 3. The fourth-order valence-electron chi connectivity index (χ4n) is 2.85. The van der Waals surface area contributed by atoms with E-state index in [4.69, 9.17) is 9.68 Å². The topological polar surface area (TPSA) is 46.4 Å². The first-order valence-electron chi connectivity index (χ1n) is 10.0. The van der Waals surface area contributed by atoms with Gasteiger partial charge in [0, 0.05) is 19.3 Å². The molecule has 5 nitrogen and oxygen atoms in total. The van der Waals surface area contributed by atoms with E-state index in [-0.39, 0.29) is 0 Å². The number of oxime groups is 2. The van der Waals surface area contributed by atoms with Crippen LogP contribution in [-0.4, -0.2) is 24.4 Å². The van der Waals surface area contributed by atoms with Gasteiger partial charge in [0.2, 0.25) is 0 Å². The van der Waals surface area contributed by atoms with Crippen molar-refractivity contribution in [1.82, 2.24) is 4.90 Å². The molecule has 0 radical (unpaired) electrons. The second-order valence-electron chi connectivity index (χ2n) is 6.98. The van der Waals surface area contributed by atoms with E-state index in [1.807, 2.05) is 61.5 Å². The van der Waals surface area contributed by atoms with Crippen molar-refractivity contribution in [3.8, 4) is 11.5 Å². The Hall–Kier alpha value is -3.44. The molecule has 0 fully saturated rings. The fraction of sp³-hybridized carbons (Fsp3) is 0.200. The van der Waals surface area contributed by atoms with Crippen LogP contribution in [0.25, 0.3) is 0 Å². The Morgan fingerprint density at radius 3 is 1.80 bits per heavy atom. The molecule has 3 aromatic carbocycles. The molecule has 154 valence electrons. The van der Waals surface area contributed by atoms with Gasteiger partial charge in [-0.25, -0.2) is 0 Å². The lowest BCUT2D eigenvalue weighted by atomic mass is 10.1. The van der Waals surface area contributed by atoms with Crippen molar-refractivity contribution in [2.45, 2.75) is 26.4 Å². The van der Waals surface area contributed by atoms with Gasteiger partial charge >= 0.3 is 0 Å². The third-order valence-electron chi connectivity index (χ3n) is 4.33. The zero-order chi connectivity index (χ0) is 21.0. The molecule has 0 unspecified atom stereocenters. The molecule has 0 saturated heterocycles. The molecule has 0 aliphatic carbocycles. The second-order valence-corrected chi connectivity index (χ2v) is 6.98. The van der Waals surface area contributed by atoms with E-state index in [1.165, 1.54) is 11.1 Å². The summed E-state index contributed by atoms with van der Waals surface area (Å²) in [7, 11) is 2.10. The van der Waals surface area contributed by atoms with Crippen LogP contribution in [0.15, 0.2) is 89.2 Å². The zero-order valence-corrected chi connectivity index (χ0v) is 17.4. The third kappa shape index (κ3) is 7.18. The summed E-state index contributed by atoms with van der Waals surface area (Å²) in [5.41, 5.74) is 3.44. The Morgan fingerprint density at radius 1 is 0.733 bits per heavy atom.